The first kappa shape index (κ1) is 14.8. The lowest BCUT2D eigenvalue weighted by Crippen LogP contribution is -2.42. The number of rotatable bonds is 5. The summed E-state index contributed by atoms with van der Waals surface area (Å²) >= 11 is 0. The molecule has 0 aliphatic carbocycles. The Morgan fingerprint density at radius 3 is 2.53 bits per heavy atom. The van der Waals surface area contributed by atoms with Crippen LogP contribution in [-0.2, 0) is 10.0 Å². The van der Waals surface area contributed by atoms with Crippen LogP contribution < -0.4 is 0 Å². The molecule has 0 saturated carbocycles. The van der Waals surface area contributed by atoms with E-state index in [1.165, 1.54) is 4.31 Å². The number of alkyl halides is 2. The van der Waals surface area contributed by atoms with Crippen molar-refractivity contribution in [3.8, 4) is 0 Å². The quantitative estimate of drug-likeness (QED) is 0.768. The third-order valence-electron chi connectivity index (χ3n) is 3.35. The molecule has 0 amide bonds. The van der Waals surface area contributed by atoms with Crippen molar-refractivity contribution in [3.05, 3.63) is 0 Å². The molecule has 1 heterocycles. The Morgan fingerprint density at radius 1 is 1.35 bits per heavy atom. The predicted molar refractivity (Wildman–Crippen MR) is 63.5 cm³/mol. The first-order valence-electron chi connectivity index (χ1n) is 6.09. The van der Waals surface area contributed by atoms with Gasteiger partial charge in [0.1, 0.15) is 0 Å². The second-order valence-corrected chi connectivity index (χ2v) is 7.09. The molecule has 1 rings (SSSR count). The minimum Gasteiger partial charge on any atom is -0.212 e. The molecule has 102 valence electrons. The molecule has 6 heteroatoms. The van der Waals surface area contributed by atoms with Gasteiger partial charge in [0.15, 0.2) is 0 Å². The fourth-order valence-electron chi connectivity index (χ4n) is 2.14. The van der Waals surface area contributed by atoms with Crippen molar-refractivity contribution in [1.29, 1.82) is 0 Å². The molecule has 1 fully saturated rings. The number of piperidine rings is 1. The summed E-state index contributed by atoms with van der Waals surface area (Å²) in [7, 11) is -3.49. The van der Waals surface area contributed by atoms with Gasteiger partial charge in [0.05, 0.1) is 5.75 Å². The number of sulfonamides is 1. The molecule has 0 radical (unpaired) electrons. The maximum Gasteiger partial charge on any atom is 0.239 e. The van der Waals surface area contributed by atoms with Gasteiger partial charge in [-0.2, -0.15) is 0 Å². The van der Waals surface area contributed by atoms with Gasteiger partial charge in [-0.05, 0) is 24.7 Å². The Labute approximate surface area is 102 Å². The van der Waals surface area contributed by atoms with E-state index in [-0.39, 0.29) is 0 Å². The van der Waals surface area contributed by atoms with E-state index in [4.69, 9.17) is 0 Å². The van der Waals surface area contributed by atoms with Gasteiger partial charge in [0.25, 0.3) is 0 Å². The molecule has 1 atom stereocenters. The van der Waals surface area contributed by atoms with Gasteiger partial charge in [0.2, 0.25) is 16.4 Å². The van der Waals surface area contributed by atoms with Crippen LogP contribution in [0.15, 0.2) is 0 Å². The maximum atomic E-state index is 12.1. The lowest BCUT2D eigenvalue weighted by atomic mass is 9.89. The molecule has 0 aromatic carbocycles. The molecular weight excluding hydrogens is 248 g/mol. The van der Waals surface area contributed by atoms with E-state index in [1.807, 2.05) is 0 Å². The summed E-state index contributed by atoms with van der Waals surface area (Å²) < 4.78 is 49.2. The summed E-state index contributed by atoms with van der Waals surface area (Å²) in [6, 6.07) is 0. The van der Waals surface area contributed by atoms with Crippen molar-refractivity contribution in [1.82, 2.24) is 4.31 Å². The summed E-state index contributed by atoms with van der Waals surface area (Å²) in [6.45, 7) is 5.11. The molecule has 1 aliphatic heterocycles. The normalized spacial score (nSPS) is 23.5. The summed E-state index contributed by atoms with van der Waals surface area (Å²) in [5.74, 6) is 0.350. The number of hydrogen-bond donors (Lipinski definition) is 0. The van der Waals surface area contributed by atoms with Gasteiger partial charge in [-0.1, -0.05) is 13.8 Å². The van der Waals surface area contributed by atoms with Crippen molar-refractivity contribution in [2.24, 2.45) is 11.8 Å². The number of halogens is 2. The van der Waals surface area contributed by atoms with Crippen LogP contribution in [0.5, 0.6) is 0 Å². The Bertz CT molecular complexity index is 330. The van der Waals surface area contributed by atoms with Gasteiger partial charge in [-0.15, -0.1) is 0 Å². The smallest absolute Gasteiger partial charge is 0.212 e. The Morgan fingerprint density at radius 2 is 2.00 bits per heavy atom. The van der Waals surface area contributed by atoms with Crippen LogP contribution in [0.1, 0.15) is 33.1 Å². The Kier molecular flexibility index (Phi) is 5.31. The van der Waals surface area contributed by atoms with E-state index >= 15 is 0 Å². The van der Waals surface area contributed by atoms with Gasteiger partial charge in [-0.3, -0.25) is 0 Å². The van der Waals surface area contributed by atoms with E-state index in [1.54, 1.807) is 0 Å². The van der Waals surface area contributed by atoms with Crippen LogP contribution >= 0.6 is 0 Å². The third-order valence-corrected chi connectivity index (χ3v) is 5.22. The van der Waals surface area contributed by atoms with Crippen LogP contribution in [-0.4, -0.2) is 38.0 Å². The van der Waals surface area contributed by atoms with E-state index in [2.05, 4.69) is 13.8 Å². The SMILES string of the molecule is CC(C)C1CCCN(S(=O)(=O)CCC(F)F)C1. The number of hydrogen-bond acceptors (Lipinski definition) is 2. The molecule has 17 heavy (non-hydrogen) atoms. The highest BCUT2D eigenvalue weighted by molar-refractivity contribution is 7.89. The van der Waals surface area contributed by atoms with Crippen molar-refractivity contribution < 1.29 is 17.2 Å². The highest BCUT2D eigenvalue weighted by atomic mass is 32.2. The van der Waals surface area contributed by atoms with Gasteiger partial charge >= 0.3 is 0 Å². The largest absolute Gasteiger partial charge is 0.239 e. The van der Waals surface area contributed by atoms with Crippen molar-refractivity contribution in [2.45, 2.75) is 39.5 Å². The summed E-state index contributed by atoms with van der Waals surface area (Å²) in [4.78, 5) is 0. The molecule has 0 aromatic heterocycles. The van der Waals surface area contributed by atoms with E-state index in [0.717, 1.165) is 12.8 Å². The zero-order valence-electron chi connectivity index (χ0n) is 10.4. The first-order chi connectivity index (χ1) is 7.83. The average molecular weight is 269 g/mol. The van der Waals surface area contributed by atoms with E-state index in [9.17, 15) is 17.2 Å². The fourth-order valence-corrected chi connectivity index (χ4v) is 3.70. The summed E-state index contributed by atoms with van der Waals surface area (Å²) in [5.41, 5.74) is 0. The standard InChI is InChI=1S/C11H21F2NO2S/c1-9(2)10-4-3-6-14(8-10)17(15,16)7-5-11(12)13/h9-11H,3-8H2,1-2H3. The molecule has 0 spiro atoms. The van der Waals surface area contributed by atoms with Crippen molar-refractivity contribution in [3.63, 3.8) is 0 Å². The molecule has 1 saturated heterocycles. The van der Waals surface area contributed by atoms with Crippen LogP contribution in [0.4, 0.5) is 8.78 Å². The summed E-state index contributed by atoms with van der Waals surface area (Å²) in [6.07, 6.45) is -1.25. The predicted octanol–water partition coefficient (Wildman–Crippen LogP) is 2.34. The lowest BCUT2D eigenvalue weighted by molar-refractivity contribution is 0.143. The first-order valence-corrected chi connectivity index (χ1v) is 7.70. The Balaban J connectivity index is 2.59. The zero-order chi connectivity index (χ0) is 13.1. The van der Waals surface area contributed by atoms with Gasteiger partial charge < -0.3 is 0 Å². The Hall–Kier alpha value is -0.230. The molecule has 1 unspecified atom stereocenters. The molecule has 0 N–H and O–H groups in total. The van der Waals surface area contributed by atoms with E-state index < -0.39 is 28.6 Å². The van der Waals surface area contributed by atoms with Gasteiger partial charge in [-0.25, -0.2) is 21.5 Å². The third kappa shape index (κ3) is 4.50. The minimum atomic E-state index is -3.49. The molecule has 3 nitrogen and oxygen atoms in total. The van der Waals surface area contributed by atoms with E-state index in [0.29, 0.717) is 24.9 Å². The monoisotopic (exact) mass is 269 g/mol. The van der Waals surface area contributed by atoms with Gasteiger partial charge in [0, 0.05) is 19.5 Å². The average Bonchev–Trinajstić information content (AvgIpc) is 2.27. The highest BCUT2D eigenvalue weighted by Crippen LogP contribution is 2.25. The van der Waals surface area contributed by atoms with Crippen LogP contribution in [0.2, 0.25) is 0 Å². The fraction of sp³-hybridized carbons (Fsp3) is 1.00. The van der Waals surface area contributed by atoms with Crippen LogP contribution in [0.25, 0.3) is 0 Å². The molecule has 0 aromatic rings. The highest BCUT2D eigenvalue weighted by Gasteiger charge is 2.30. The topological polar surface area (TPSA) is 37.4 Å². The van der Waals surface area contributed by atoms with Crippen LogP contribution in [0.3, 0.4) is 0 Å². The minimum absolute atomic E-state index is 0.352. The lowest BCUT2D eigenvalue weighted by Gasteiger charge is -2.33. The van der Waals surface area contributed by atoms with Crippen LogP contribution in [0, 0.1) is 11.8 Å². The molecule has 1 aliphatic rings. The summed E-state index contributed by atoms with van der Waals surface area (Å²) in [5, 5.41) is 0. The molecular formula is C11H21F2NO2S. The van der Waals surface area contributed by atoms with Crippen molar-refractivity contribution >= 4 is 10.0 Å². The number of nitrogens with zero attached hydrogens (tertiary/aromatic N) is 1. The van der Waals surface area contributed by atoms with Crippen molar-refractivity contribution in [2.75, 3.05) is 18.8 Å². The second-order valence-electron chi connectivity index (χ2n) is 5.00. The molecule has 0 bridgehead atoms. The second kappa shape index (κ2) is 6.09. The zero-order valence-corrected chi connectivity index (χ0v) is 11.2. The maximum absolute atomic E-state index is 12.1.